The van der Waals surface area contributed by atoms with Crippen LogP contribution in [-0.2, 0) is 137 Å². The van der Waals surface area contributed by atoms with Crippen molar-refractivity contribution in [3.63, 3.8) is 0 Å². The fourth-order valence-electron chi connectivity index (χ4n) is 10.8. The molecule has 32 nitrogen and oxygen atoms in total. The molecule has 0 unspecified atom stereocenters. The standard InChI is InChI=1S/C13H19ClIN3O4S.C13H19N3O4S.C10H14IN3O2.C10H15N3O2.C8H11N3O2S.C7H8O3S/c1-13(2,3)22-12(19)17-7-9-10(8-17)16-18(11(9)15)23(20,21)6-4-5-14;1-13(2,3)20-12(17)15-7-9-10(8-15)14-16-11(9)5-4-6-21(16,18)19;1-10(2,3)16-9(15)14-4-6-7(5-14)12-13-8(6)11;1-10(2,3)15-9(14)13-5-7-4-11-12-8(7)6-13;12-14(13)3-1-2-8-6-4-9-5-7(6)10-11(8)14;1-6-2-4-7(5-3-6)11(8,9)10/h4-8H2,1-3H3;4-8H2,1-3H3;4-5H2,1-3H3,(H,12,13);4H,5-6H2,1-3H3,(H,11,12);9H,1-5H2;2-5H,1H3,(H,8,9,10). The Morgan fingerprint density at radius 1 is 0.580 bits per heavy atom. The van der Waals surface area contributed by atoms with Crippen LogP contribution in [0.3, 0.4) is 0 Å². The number of nitrogens with one attached hydrogen (secondary N) is 3. The molecule has 7 aliphatic rings. The summed E-state index contributed by atoms with van der Waals surface area (Å²) in [6, 6.07) is 5.99. The minimum atomic E-state index is -4.02. The molecule has 0 aliphatic carbocycles. The number of aromatic amines is 2. The molecular formula is C61H86ClI2N15O17S4. The van der Waals surface area contributed by atoms with E-state index in [0.29, 0.717) is 86.7 Å². The van der Waals surface area contributed by atoms with Crippen molar-refractivity contribution in [1.29, 1.82) is 0 Å². The minimum Gasteiger partial charge on any atom is -0.444 e. The van der Waals surface area contributed by atoms with Gasteiger partial charge in [-0.3, -0.25) is 34.3 Å². The smallest absolute Gasteiger partial charge is 0.410 e. The van der Waals surface area contributed by atoms with Crippen molar-refractivity contribution >= 4 is 121 Å². The number of amides is 4. The van der Waals surface area contributed by atoms with Gasteiger partial charge in [-0.1, -0.05) is 17.7 Å². The third kappa shape index (κ3) is 20.6. The zero-order valence-corrected chi connectivity index (χ0v) is 66.3. The Hall–Kier alpha value is -6.18. The predicted molar refractivity (Wildman–Crippen MR) is 382 cm³/mol. The second-order valence-electron chi connectivity index (χ2n) is 28.3. The van der Waals surface area contributed by atoms with Crippen LogP contribution in [0.1, 0.15) is 176 Å². The number of ether oxygens (including phenoxy) is 4. The van der Waals surface area contributed by atoms with Gasteiger partial charge in [0.15, 0.2) is 0 Å². The fraction of sp³-hybridized carbons (Fsp3) is 0.590. The second-order valence-corrected chi connectivity index (χ2v) is 37.9. The minimum absolute atomic E-state index is 0.0527. The van der Waals surface area contributed by atoms with Gasteiger partial charge in [0.2, 0.25) is 0 Å². The molecule has 0 spiro atoms. The van der Waals surface area contributed by atoms with Crippen molar-refractivity contribution in [3.8, 4) is 0 Å². The third-order valence-electron chi connectivity index (χ3n) is 15.2. The summed E-state index contributed by atoms with van der Waals surface area (Å²) in [6.45, 7) is 28.8. The average molecular weight is 1720 g/mol. The Morgan fingerprint density at radius 3 is 1.50 bits per heavy atom. The van der Waals surface area contributed by atoms with E-state index in [0.717, 1.165) is 93.1 Å². The summed E-state index contributed by atoms with van der Waals surface area (Å²) in [6.07, 6.45) is 3.61. The van der Waals surface area contributed by atoms with E-state index in [1.807, 2.05) is 91.8 Å². The van der Waals surface area contributed by atoms with Crippen LogP contribution < -0.4 is 5.32 Å². The molecule has 4 N–H and O–H groups in total. The SMILES string of the molecule is CC(C)(C)OC(=O)N1Cc2[nH]nc(I)c2C1.CC(C)(C)OC(=O)N1Cc2cn[nH]c2C1.CC(C)(C)OC(=O)N1Cc2nn(S(=O)(=O)CCCCl)c(I)c2C1.CC(C)(C)OC(=O)N1Cc2nn3c(c2C1)CCCS3(=O)=O.Cc1ccc(S(=O)(=O)O)cc1.O=S1(=O)CCCc2c3c(nn21)CNC3. The highest BCUT2D eigenvalue weighted by Crippen LogP contribution is 2.33. The number of hydrogen-bond donors (Lipinski definition) is 4. The van der Waals surface area contributed by atoms with E-state index in [-0.39, 0.29) is 46.8 Å². The maximum absolute atomic E-state index is 12.3. The number of hydrogen-bond acceptors (Lipinski definition) is 22. The average Bonchev–Trinajstić information content (AvgIpc) is 1.61. The molecule has 552 valence electrons. The Kier molecular flexibility index (Phi) is 24.7. The number of carbonyl (C=O) groups excluding carboxylic acids is 4. The highest BCUT2D eigenvalue weighted by Gasteiger charge is 2.39. The Bertz CT molecular complexity index is 4470. The molecule has 0 bridgehead atoms. The van der Waals surface area contributed by atoms with E-state index < -0.39 is 74.8 Å². The predicted octanol–water partition coefficient (Wildman–Crippen LogP) is 8.58. The van der Waals surface area contributed by atoms with Gasteiger partial charge >= 0.3 is 24.4 Å². The van der Waals surface area contributed by atoms with Crippen LogP contribution in [0.2, 0.25) is 0 Å². The summed E-state index contributed by atoms with van der Waals surface area (Å²) in [4.78, 5) is 54.0. The van der Waals surface area contributed by atoms with E-state index in [9.17, 15) is 52.8 Å². The number of nitrogens with zero attached hydrogens (tertiary/aromatic N) is 12. The molecule has 100 heavy (non-hydrogen) atoms. The lowest BCUT2D eigenvalue weighted by molar-refractivity contribution is 0.0229. The Labute approximate surface area is 614 Å². The van der Waals surface area contributed by atoms with Crippen LogP contribution in [0.15, 0.2) is 35.4 Å². The van der Waals surface area contributed by atoms with Crippen molar-refractivity contribution in [2.75, 3.05) is 23.1 Å². The monoisotopic (exact) mass is 1720 g/mol. The first-order chi connectivity index (χ1) is 46.2. The number of rotatable bonds is 5. The Balaban J connectivity index is 0.000000155. The molecule has 6 aromatic rings. The maximum atomic E-state index is 12.3. The molecule has 13 rings (SSSR count). The van der Waals surface area contributed by atoms with Crippen LogP contribution >= 0.6 is 56.8 Å². The first-order valence-electron chi connectivity index (χ1n) is 31.8. The van der Waals surface area contributed by atoms with Gasteiger partial charge in [-0.15, -0.1) is 11.6 Å². The maximum Gasteiger partial charge on any atom is 0.410 e. The summed E-state index contributed by atoms with van der Waals surface area (Å²) >= 11 is 9.67. The molecule has 0 saturated heterocycles. The molecular weight excluding hydrogens is 1630 g/mol. The van der Waals surface area contributed by atoms with E-state index in [4.69, 9.17) is 35.1 Å². The molecule has 5 aromatic heterocycles. The number of benzene rings is 1. The van der Waals surface area contributed by atoms with Crippen molar-refractivity contribution < 1.29 is 76.3 Å². The first kappa shape index (κ1) is 79.5. The second kappa shape index (κ2) is 31.0. The van der Waals surface area contributed by atoms with Crippen LogP contribution in [0.25, 0.3) is 0 Å². The van der Waals surface area contributed by atoms with Crippen LogP contribution in [0.4, 0.5) is 19.2 Å². The fourth-order valence-corrected chi connectivity index (χ4v) is 17.8. The zero-order valence-electron chi connectivity index (χ0n) is 57.9. The van der Waals surface area contributed by atoms with E-state index in [1.54, 1.807) is 53.8 Å². The molecule has 0 atom stereocenters. The lowest BCUT2D eigenvalue weighted by Crippen LogP contribution is -2.34. The summed E-state index contributed by atoms with van der Waals surface area (Å²) in [5, 5.41) is 29.5. The van der Waals surface area contributed by atoms with Gasteiger partial charge in [0.25, 0.3) is 40.2 Å². The lowest BCUT2D eigenvalue weighted by Gasteiger charge is -2.24. The zero-order chi connectivity index (χ0) is 74.0. The van der Waals surface area contributed by atoms with E-state index in [1.165, 1.54) is 21.1 Å². The van der Waals surface area contributed by atoms with Crippen molar-refractivity contribution in [2.45, 2.75) is 215 Å². The van der Waals surface area contributed by atoms with Crippen molar-refractivity contribution in [1.82, 2.24) is 72.9 Å². The number of carbonyl (C=O) groups is 4. The number of halogens is 3. The van der Waals surface area contributed by atoms with Gasteiger partial charge in [0.1, 0.15) is 29.8 Å². The number of H-pyrrole nitrogens is 2. The number of aryl methyl sites for hydroxylation is 1. The lowest BCUT2D eigenvalue weighted by atomic mass is 10.1. The first-order valence-corrected chi connectivity index (χ1v) is 40.8. The van der Waals surface area contributed by atoms with Crippen LogP contribution in [0.5, 0.6) is 0 Å². The van der Waals surface area contributed by atoms with Gasteiger partial charge in [-0.25, -0.2) is 44.4 Å². The highest BCUT2D eigenvalue weighted by atomic mass is 127. The third-order valence-corrected chi connectivity index (χ3v) is 23.6. The number of fused-ring (bicyclic) bond motifs is 9. The van der Waals surface area contributed by atoms with Gasteiger partial charge in [-0.2, -0.15) is 46.2 Å². The molecule has 0 radical (unpaired) electrons. The van der Waals surface area contributed by atoms with Gasteiger partial charge in [0.05, 0.1) is 121 Å². The molecule has 0 fully saturated rings. The summed E-state index contributed by atoms with van der Waals surface area (Å²) in [7, 11) is -14.0. The number of aromatic nitrogens is 10. The summed E-state index contributed by atoms with van der Waals surface area (Å²) in [5.74, 6) is 0.594. The van der Waals surface area contributed by atoms with Gasteiger partial charge in [-0.05, 0) is 179 Å². The molecule has 1 aromatic carbocycles. The van der Waals surface area contributed by atoms with E-state index >= 15 is 0 Å². The molecule has 7 aliphatic heterocycles. The van der Waals surface area contributed by atoms with Gasteiger partial charge in [0, 0.05) is 46.8 Å². The van der Waals surface area contributed by atoms with Crippen molar-refractivity contribution in [2.24, 2.45) is 0 Å². The molecule has 0 saturated carbocycles. The van der Waals surface area contributed by atoms with Crippen LogP contribution in [-0.4, -0.2) is 176 Å². The van der Waals surface area contributed by atoms with Crippen molar-refractivity contribution in [3.05, 3.63) is 111 Å². The quantitative estimate of drug-likeness (QED) is 0.0543. The molecule has 39 heteroatoms. The van der Waals surface area contributed by atoms with Crippen LogP contribution in [0, 0.1) is 14.3 Å². The largest absolute Gasteiger partial charge is 0.444 e. The Morgan fingerprint density at radius 2 is 1.03 bits per heavy atom. The molecule has 4 amide bonds. The highest BCUT2D eigenvalue weighted by molar-refractivity contribution is 14.1. The van der Waals surface area contributed by atoms with E-state index in [2.05, 4.69) is 63.6 Å². The topological polar surface area (TPSA) is 398 Å². The summed E-state index contributed by atoms with van der Waals surface area (Å²) < 4.78 is 127. The molecule has 12 heterocycles. The normalized spacial score (nSPS) is 16.9. The summed E-state index contributed by atoms with van der Waals surface area (Å²) in [5.41, 5.74) is 9.65. The number of alkyl halides is 1. The van der Waals surface area contributed by atoms with Gasteiger partial charge < -0.3 is 24.3 Å².